The number of benzene rings is 12. The Morgan fingerprint density at radius 2 is 0.581 bits per heavy atom. The van der Waals surface area contributed by atoms with E-state index in [1.54, 1.807) is 0 Å². The molecule has 2 spiro atoms. The number of hydrogen-bond acceptors (Lipinski definition) is 2. The quantitative estimate of drug-likeness (QED) is 0.164. The van der Waals surface area contributed by atoms with E-state index in [9.17, 15) is 0 Å². The molecule has 12 aromatic rings. The molecule has 0 saturated heterocycles. The van der Waals surface area contributed by atoms with Crippen LogP contribution in [0.1, 0.15) is 44.5 Å². The van der Waals surface area contributed by atoms with Crippen LogP contribution in [0.25, 0.3) is 55.3 Å². The SMILES string of the molecule is c1ccc(N(c2ccccc2)c2ccc3c(c2)C2(c4ccccc4-3)c3ccccc3-c3c(N(c4ccccc4)c4ccc5c(c4)C4(c6ccccc6-c6ccccc64)c4ccccc4-5)cc4ccccc4c32)cc1. The highest BCUT2D eigenvalue weighted by atomic mass is 15.2. The summed E-state index contributed by atoms with van der Waals surface area (Å²) >= 11 is 0. The molecule has 2 heteroatoms. The lowest BCUT2D eigenvalue weighted by molar-refractivity contribution is 0.793. The molecule has 4 aliphatic carbocycles. The second-order valence-electron chi connectivity index (χ2n) is 20.2. The molecule has 12 aromatic carbocycles. The Morgan fingerprint density at radius 3 is 1.08 bits per heavy atom. The fourth-order valence-electron chi connectivity index (χ4n) is 14.1. The second-order valence-corrected chi connectivity index (χ2v) is 20.2. The number of para-hydroxylation sites is 3. The van der Waals surface area contributed by atoms with Crippen molar-refractivity contribution in [2.45, 2.75) is 10.8 Å². The molecule has 0 fully saturated rings. The normalized spacial score (nSPS) is 15.2. The maximum atomic E-state index is 2.57. The van der Waals surface area contributed by atoms with Gasteiger partial charge in [-0.2, -0.15) is 0 Å². The Morgan fingerprint density at radius 1 is 0.230 bits per heavy atom. The van der Waals surface area contributed by atoms with Crippen molar-refractivity contribution in [1.29, 1.82) is 0 Å². The summed E-state index contributed by atoms with van der Waals surface area (Å²) in [5, 5.41) is 2.46. The molecule has 0 aliphatic heterocycles. The standard InChI is InChI=1S/C72H46N2/c1-4-23-48(24-5-1)73(49-25-6-2-7-26-49)51-40-42-59-57-33-15-20-38-64(57)72(67(59)45-51)65-39-21-16-34-60(65)69-68(44-47-22-10-11-29-53(47)70(69)72)74(50-27-8-3-9-28-50)52-41-43-58-56-32-14-19-37-63(56)71(66(58)46-52)61-35-17-12-30-54(61)55-31-13-18-36-62(55)71/h1-46H. The lowest BCUT2D eigenvalue weighted by Gasteiger charge is -2.34. The van der Waals surface area contributed by atoms with E-state index < -0.39 is 10.8 Å². The minimum atomic E-state index is -0.647. The van der Waals surface area contributed by atoms with Crippen molar-refractivity contribution < 1.29 is 0 Å². The van der Waals surface area contributed by atoms with E-state index in [1.165, 1.54) is 99.8 Å². The summed E-state index contributed by atoms with van der Waals surface area (Å²) in [4.78, 5) is 4.97. The van der Waals surface area contributed by atoms with Crippen LogP contribution in [0, 0.1) is 0 Å². The molecule has 344 valence electrons. The average molecular weight is 939 g/mol. The second kappa shape index (κ2) is 15.5. The first kappa shape index (κ1) is 41.2. The van der Waals surface area contributed by atoms with Gasteiger partial charge < -0.3 is 9.80 Å². The summed E-state index contributed by atoms with van der Waals surface area (Å²) in [5.41, 5.74) is 26.4. The molecule has 1 unspecified atom stereocenters. The van der Waals surface area contributed by atoms with Crippen molar-refractivity contribution in [3.8, 4) is 44.5 Å². The Bertz CT molecular complexity index is 4170. The minimum absolute atomic E-state index is 0.484. The molecule has 0 bridgehead atoms. The van der Waals surface area contributed by atoms with Gasteiger partial charge in [-0.05, 0) is 161 Å². The molecule has 1 atom stereocenters. The Balaban J connectivity index is 0.999. The Labute approximate surface area is 431 Å². The van der Waals surface area contributed by atoms with Gasteiger partial charge in [-0.3, -0.25) is 0 Å². The van der Waals surface area contributed by atoms with Crippen LogP contribution in [0.3, 0.4) is 0 Å². The van der Waals surface area contributed by atoms with Gasteiger partial charge >= 0.3 is 0 Å². The topological polar surface area (TPSA) is 6.48 Å². The number of nitrogens with zero attached hydrogens (tertiary/aromatic N) is 2. The van der Waals surface area contributed by atoms with E-state index in [4.69, 9.17) is 0 Å². The molecule has 16 rings (SSSR count). The zero-order valence-electron chi connectivity index (χ0n) is 40.5. The van der Waals surface area contributed by atoms with Crippen LogP contribution in [-0.2, 0) is 10.8 Å². The Kier molecular flexibility index (Phi) is 8.62. The molecule has 0 saturated carbocycles. The summed E-state index contributed by atoms with van der Waals surface area (Å²) in [6, 6.07) is 105. The lowest BCUT2D eigenvalue weighted by Crippen LogP contribution is -2.27. The molecular weight excluding hydrogens is 893 g/mol. The molecule has 0 heterocycles. The van der Waals surface area contributed by atoms with Crippen LogP contribution in [0.2, 0.25) is 0 Å². The van der Waals surface area contributed by atoms with E-state index in [0.29, 0.717) is 0 Å². The van der Waals surface area contributed by atoms with Gasteiger partial charge in [0.25, 0.3) is 0 Å². The molecule has 0 aromatic heterocycles. The third-order valence-corrected chi connectivity index (χ3v) is 16.8. The largest absolute Gasteiger partial charge is 0.310 e. The molecule has 2 nitrogen and oxygen atoms in total. The summed E-state index contributed by atoms with van der Waals surface area (Å²) < 4.78 is 0. The molecular formula is C72H46N2. The van der Waals surface area contributed by atoms with Crippen molar-refractivity contribution in [3.63, 3.8) is 0 Å². The molecule has 74 heavy (non-hydrogen) atoms. The van der Waals surface area contributed by atoms with Crippen LogP contribution >= 0.6 is 0 Å². The first-order valence-electron chi connectivity index (χ1n) is 25.8. The fraction of sp³-hybridized carbons (Fsp3) is 0.0278. The van der Waals surface area contributed by atoms with Crippen molar-refractivity contribution >= 4 is 44.9 Å². The third-order valence-electron chi connectivity index (χ3n) is 16.8. The van der Waals surface area contributed by atoms with Gasteiger partial charge in [-0.1, -0.05) is 212 Å². The van der Waals surface area contributed by atoms with Crippen molar-refractivity contribution in [1.82, 2.24) is 0 Å². The zero-order chi connectivity index (χ0) is 48.5. The van der Waals surface area contributed by atoms with Crippen LogP contribution < -0.4 is 9.80 Å². The Hall–Kier alpha value is -9.50. The number of fused-ring (bicyclic) bond motifs is 22. The highest BCUT2D eigenvalue weighted by Crippen LogP contribution is 2.68. The molecule has 0 amide bonds. The number of anilines is 6. The van der Waals surface area contributed by atoms with Crippen molar-refractivity contribution in [2.24, 2.45) is 0 Å². The van der Waals surface area contributed by atoms with Gasteiger partial charge in [0.1, 0.15) is 0 Å². The zero-order valence-corrected chi connectivity index (χ0v) is 40.5. The lowest BCUT2D eigenvalue weighted by atomic mass is 9.69. The monoisotopic (exact) mass is 938 g/mol. The van der Waals surface area contributed by atoms with E-state index in [2.05, 4.69) is 289 Å². The average Bonchev–Trinajstić information content (AvgIpc) is 4.16. The van der Waals surface area contributed by atoms with E-state index in [1.807, 2.05) is 0 Å². The first-order chi connectivity index (χ1) is 36.7. The van der Waals surface area contributed by atoms with Crippen LogP contribution in [0.4, 0.5) is 34.1 Å². The van der Waals surface area contributed by atoms with Crippen LogP contribution in [0.5, 0.6) is 0 Å². The smallest absolute Gasteiger partial charge is 0.0733 e. The summed E-state index contributed by atoms with van der Waals surface area (Å²) in [5.74, 6) is 0. The maximum absolute atomic E-state index is 2.57. The predicted molar refractivity (Wildman–Crippen MR) is 306 cm³/mol. The third kappa shape index (κ3) is 5.33. The van der Waals surface area contributed by atoms with E-state index in [-0.39, 0.29) is 0 Å². The van der Waals surface area contributed by atoms with E-state index >= 15 is 0 Å². The van der Waals surface area contributed by atoms with Crippen molar-refractivity contribution in [3.05, 3.63) is 324 Å². The summed E-state index contributed by atoms with van der Waals surface area (Å²) in [6.45, 7) is 0. The molecule has 0 N–H and O–H groups in total. The predicted octanol–water partition coefficient (Wildman–Crippen LogP) is 18.5. The molecule has 4 aliphatic rings. The number of hydrogen-bond donors (Lipinski definition) is 0. The van der Waals surface area contributed by atoms with Gasteiger partial charge in [-0.15, -0.1) is 0 Å². The van der Waals surface area contributed by atoms with Gasteiger partial charge in [0.05, 0.1) is 16.5 Å². The fourth-order valence-corrected chi connectivity index (χ4v) is 14.1. The van der Waals surface area contributed by atoms with Gasteiger partial charge in [0, 0.05) is 34.0 Å². The summed E-state index contributed by atoms with van der Waals surface area (Å²) in [6.07, 6.45) is 0. The number of rotatable bonds is 6. The summed E-state index contributed by atoms with van der Waals surface area (Å²) in [7, 11) is 0. The van der Waals surface area contributed by atoms with Crippen LogP contribution in [-0.4, -0.2) is 0 Å². The highest BCUT2D eigenvalue weighted by Gasteiger charge is 2.55. The van der Waals surface area contributed by atoms with Gasteiger partial charge in [0.15, 0.2) is 0 Å². The first-order valence-corrected chi connectivity index (χ1v) is 25.8. The van der Waals surface area contributed by atoms with Gasteiger partial charge in [0.2, 0.25) is 0 Å². The van der Waals surface area contributed by atoms with Crippen molar-refractivity contribution in [2.75, 3.05) is 9.80 Å². The highest BCUT2D eigenvalue weighted by molar-refractivity contribution is 6.10. The van der Waals surface area contributed by atoms with Gasteiger partial charge in [-0.25, -0.2) is 0 Å². The van der Waals surface area contributed by atoms with E-state index in [0.717, 1.165) is 34.1 Å². The molecule has 0 radical (unpaired) electrons. The minimum Gasteiger partial charge on any atom is -0.310 e. The maximum Gasteiger partial charge on any atom is 0.0733 e. The van der Waals surface area contributed by atoms with Crippen LogP contribution in [0.15, 0.2) is 279 Å².